The molecular formula is C12H6F13NO2. The van der Waals surface area contributed by atoms with Gasteiger partial charge in [0.15, 0.2) is 0 Å². The molecule has 0 saturated carbocycles. The van der Waals surface area contributed by atoms with E-state index in [9.17, 15) is 61.9 Å². The summed E-state index contributed by atoms with van der Waals surface area (Å²) in [6.45, 7) is 0.747. The number of alkyl halides is 13. The highest BCUT2D eigenvalue weighted by atomic mass is 19.4. The minimum atomic E-state index is -7.99. The Morgan fingerprint density at radius 2 is 1.18 bits per heavy atom. The van der Waals surface area contributed by atoms with Crippen LogP contribution >= 0.6 is 0 Å². The van der Waals surface area contributed by atoms with E-state index in [2.05, 4.69) is 11.3 Å². The van der Waals surface area contributed by atoms with Crippen molar-refractivity contribution in [3.8, 4) is 6.07 Å². The van der Waals surface area contributed by atoms with E-state index in [1.165, 1.54) is 0 Å². The first-order valence-corrected chi connectivity index (χ1v) is 6.33. The van der Waals surface area contributed by atoms with Crippen molar-refractivity contribution in [1.82, 2.24) is 0 Å². The van der Waals surface area contributed by atoms with E-state index >= 15 is 0 Å². The van der Waals surface area contributed by atoms with Crippen molar-refractivity contribution in [3.05, 3.63) is 12.2 Å². The molecule has 0 unspecified atom stereocenters. The van der Waals surface area contributed by atoms with E-state index in [4.69, 9.17) is 5.26 Å². The third-order valence-corrected chi connectivity index (χ3v) is 3.03. The highest BCUT2D eigenvalue weighted by molar-refractivity contribution is 5.91. The summed E-state index contributed by atoms with van der Waals surface area (Å²) in [4.78, 5) is 10.8. The Hall–Kier alpha value is -2.21. The first kappa shape index (κ1) is 25.8. The first-order chi connectivity index (χ1) is 12.1. The van der Waals surface area contributed by atoms with Gasteiger partial charge >= 0.3 is 41.8 Å². The minimum absolute atomic E-state index is 1.00. The molecule has 0 aromatic rings. The summed E-state index contributed by atoms with van der Waals surface area (Å²) in [5, 5.41) is 8.17. The van der Waals surface area contributed by atoms with Gasteiger partial charge in [0.05, 0.1) is 13.0 Å². The average Bonchev–Trinajstić information content (AvgIpc) is 2.51. The van der Waals surface area contributed by atoms with E-state index in [0.717, 1.165) is 6.07 Å². The molecule has 0 aromatic carbocycles. The molecule has 0 fully saturated rings. The number of esters is 1. The summed E-state index contributed by atoms with van der Waals surface area (Å²) in [5.74, 6) is -39.3. The fourth-order valence-electron chi connectivity index (χ4n) is 1.36. The normalized spacial score (nSPS) is 14.4. The third-order valence-electron chi connectivity index (χ3n) is 3.03. The Morgan fingerprint density at radius 3 is 1.54 bits per heavy atom. The Labute approximate surface area is 146 Å². The molecule has 0 amide bonds. The summed E-state index contributed by atoms with van der Waals surface area (Å²) in [5.41, 5.74) is -1.07. The lowest BCUT2D eigenvalue weighted by molar-refractivity contribution is -0.440. The topological polar surface area (TPSA) is 50.1 Å². The number of ether oxygens (including phenoxy) is 1. The molecule has 0 N–H and O–H groups in total. The van der Waals surface area contributed by atoms with Crippen molar-refractivity contribution in [2.75, 3.05) is 6.61 Å². The van der Waals surface area contributed by atoms with Crippen molar-refractivity contribution in [1.29, 1.82) is 5.26 Å². The molecule has 0 spiro atoms. The second kappa shape index (κ2) is 7.32. The van der Waals surface area contributed by atoms with Gasteiger partial charge in [-0.05, 0) is 0 Å². The Kier molecular flexibility index (Phi) is 6.74. The van der Waals surface area contributed by atoms with Crippen LogP contribution < -0.4 is 0 Å². The number of hydrogen-bond acceptors (Lipinski definition) is 3. The Bertz CT molecular complexity index is 659. The fourth-order valence-corrected chi connectivity index (χ4v) is 1.36. The molecule has 0 aliphatic heterocycles. The van der Waals surface area contributed by atoms with Gasteiger partial charge in [0.1, 0.15) is 11.6 Å². The number of nitrogens with zero attached hydrogens (tertiary/aromatic N) is 1. The van der Waals surface area contributed by atoms with Crippen LogP contribution in [0.2, 0.25) is 0 Å². The summed E-state index contributed by atoms with van der Waals surface area (Å²) in [7, 11) is 0. The number of carbonyl (C=O) groups excluding carboxylic acids is 1. The predicted molar refractivity (Wildman–Crippen MR) is 61.1 cm³/mol. The number of halogens is 13. The first-order valence-electron chi connectivity index (χ1n) is 6.33. The van der Waals surface area contributed by atoms with Gasteiger partial charge in [-0.3, -0.25) is 0 Å². The van der Waals surface area contributed by atoms with Crippen LogP contribution in [0.1, 0.15) is 6.42 Å². The van der Waals surface area contributed by atoms with Gasteiger partial charge in [0.25, 0.3) is 0 Å². The molecule has 0 rings (SSSR count). The summed E-state index contributed by atoms with van der Waals surface area (Å²) in [6.07, 6.45) is -10.2. The highest BCUT2D eigenvalue weighted by Crippen LogP contribution is 2.60. The molecule has 0 aliphatic carbocycles. The SMILES string of the molecule is C=C(C#N)C(=O)OCCC(F)(F)C(F)(F)C(F)(F)C(F)(F)C(F)(F)C(F)(F)F. The number of nitriles is 1. The molecule has 162 valence electrons. The lowest BCUT2D eigenvalue weighted by Crippen LogP contribution is -2.70. The van der Waals surface area contributed by atoms with Crippen molar-refractivity contribution >= 4 is 5.97 Å². The molecule has 0 saturated heterocycles. The van der Waals surface area contributed by atoms with Crippen LogP contribution in [0, 0.1) is 11.3 Å². The van der Waals surface area contributed by atoms with Gasteiger partial charge in [0.2, 0.25) is 0 Å². The lowest BCUT2D eigenvalue weighted by Gasteiger charge is -2.39. The quantitative estimate of drug-likeness (QED) is 0.236. The lowest BCUT2D eigenvalue weighted by atomic mass is 9.93. The van der Waals surface area contributed by atoms with Crippen LogP contribution in [0.3, 0.4) is 0 Å². The van der Waals surface area contributed by atoms with Gasteiger partial charge < -0.3 is 4.74 Å². The second-order valence-electron chi connectivity index (χ2n) is 4.98. The molecule has 3 nitrogen and oxygen atoms in total. The monoisotopic (exact) mass is 443 g/mol. The van der Waals surface area contributed by atoms with Crippen LogP contribution in [-0.2, 0) is 9.53 Å². The Morgan fingerprint density at radius 1 is 0.786 bits per heavy atom. The van der Waals surface area contributed by atoms with Gasteiger partial charge in [0, 0.05) is 0 Å². The average molecular weight is 443 g/mol. The zero-order chi connectivity index (χ0) is 23.0. The van der Waals surface area contributed by atoms with Crippen LogP contribution in [0.15, 0.2) is 12.2 Å². The van der Waals surface area contributed by atoms with Crippen LogP contribution in [-0.4, -0.2) is 48.4 Å². The Balaban J connectivity index is 5.77. The zero-order valence-electron chi connectivity index (χ0n) is 12.8. The van der Waals surface area contributed by atoms with Crippen LogP contribution in [0.5, 0.6) is 0 Å². The molecule has 28 heavy (non-hydrogen) atoms. The van der Waals surface area contributed by atoms with Gasteiger partial charge in [-0.25, -0.2) is 4.79 Å². The van der Waals surface area contributed by atoms with Crippen molar-refractivity contribution in [2.45, 2.75) is 42.2 Å². The van der Waals surface area contributed by atoms with Crippen molar-refractivity contribution < 1.29 is 66.6 Å². The molecule has 0 aliphatic rings. The number of rotatable bonds is 8. The van der Waals surface area contributed by atoms with E-state index in [1.54, 1.807) is 0 Å². The largest absolute Gasteiger partial charge is 0.461 e. The predicted octanol–water partition coefficient (Wildman–Crippen LogP) is 4.74. The van der Waals surface area contributed by atoms with Crippen LogP contribution in [0.4, 0.5) is 57.1 Å². The zero-order valence-corrected chi connectivity index (χ0v) is 12.8. The molecule has 0 heterocycles. The molecular weight excluding hydrogens is 437 g/mol. The van der Waals surface area contributed by atoms with Crippen LogP contribution in [0.25, 0.3) is 0 Å². The van der Waals surface area contributed by atoms with E-state index in [0.29, 0.717) is 0 Å². The molecule has 0 atom stereocenters. The summed E-state index contributed by atoms with van der Waals surface area (Å²) >= 11 is 0. The van der Waals surface area contributed by atoms with E-state index in [-0.39, 0.29) is 0 Å². The van der Waals surface area contributed by atoms with E-state index < -0.39 is 60.4 Å². The second-order valence-corrected chi connectivity index (χ2v) is 4.98. The summed E-state index contributed by atoms with van der Waals surface area (Å²) < 4.78 is 170. The fraction of sp³-hybridized carbons (Fsp3) is 0.667. The van der Waals surface area contributed by atoms with Crippen molar-refractivity contribution in [2.24, 2.45) is 0 Å². The molecule has 16 heteroatoms. The van der Waals surface area contributed by atoms with Crippen molar-refractivity contribution in [3.63, 3.8) is 0 Å². The molecule has 0 aromatic heterocycles. The highest BCUT2D eigenvalue weighted by Gasteiger charge is 2.90. The maximum atomic E-state index is 13.3. The van der Waals surface area contributed by atoms with Gasteiger partial charge in [-0.2, -0.15) is 62.3 Å². The van der Waals surface area contributed by atoms with Gasteiger partial charge in [-0.1, -0.05) is 6.58 Å². The van der Waals surface area contributed by atoms with Gasteiger partial charge in [-0.15, -0.1) is 0 Å². The standard InChI is InChI=1S/C12H6F13NO2/c1-5(4-26)6(27)28-3-2-7(13,14)8(15,16)9(17,18)10(19,20)11(21,22)12(23,24)25/h1-3H2. The molecule has 0 bridgehead atoms. The maximum absolute atomic E-state index is 13.3. The third kappa shape index (κ3) is 3.97. The minimum Gasteiger partial charge on any atom is -0.461 e. The molecule has 0 radical (unpaired) electrons. The maximum Gasteiger partial charge on any atom is 0.460 e. The van der Waals surface area contributed by atoms with E-state index in [1.807, 2.05) is 0 Å². The number of hydrogen-bond donors (Lipinski definition) is 0. The summed E-state index contributed by atoms with van der Waals surface area (Å²) in [6, 6.07) is 1.00. The smallest absolute Gasteiger partial charge is 0.460 e. The number of carbonyl (C=O) groups is 1.